The van der Waals surface area contributed by atoms with E-state index in [1.165, 1.54) is 7.11 Å². The Morgan fingerprint density at radius 1 is 1.38 bits per heavy atom. The summed E-state index contributed by atoms with van der Waals surface area (Å²) in [5.74, 6) is -1.91. The summed E-state index contributed by atoms with van der Waals surface area (Å²) in [5.41, 5.74) is 0. The first kappa shape index (κ1) is 12.6. The molecule has 90 valence electrons. The van der Waals surface area contributed by atoms with Crippen LogP contribution < -0.4 is 0 Å². The lowest BCUT2D eigenvalue weighted by molar-refractivity contribution is -0.200. The minimum Gasteiger partial charge on any atom is -0.385 e. The highest BCUT2D eigenvalue weighted by atomic mass is 16.7. The molecule has 1 fully saturated rings. The second-order valence-electron chi connectivity index (χ2n) is 3.67. The van der Waals surface area contributed by atoms with Gasteiger partial charge in [0.1, 0.15) is 0 Å². The molecule has 6 nitrogen and oxygen atoms in total. The molecule has 1 unspecified atom stereocenters. The summed E-state index contributed by atoms with van der Waals surface area (Å²) in [7, 11) is 1.53. The van der Waals surface area contributed by atoms with Crippen molar-refractivity contribution in [1.29, 1.82) is 0 Å². The number of nitrogens with zero attached hydrogens (tertiary/aromatic N) is 1. The molecule has 0 aromatic carbocycles. The van der Waals surface area contributed by atoms with Gasteiger partial charge < -0.3 is 9.57 Å². The fraction of sp³-hybridized carbons (Fsp3) is 0.700. The molecule has 1 aliphatic heterocycles. The molecule has 1 aliphatic rings. The van der Waals surface area contributed by atoms with Crippen LogP contribution in [0, 0.1) is 5.92 Å². The van der Waals surface area contributed by atoms with Crippen LogP contribution in [0.25, 0.3) is 0 Å². The second-order valence-corrected chi connectivity index (χ2v) is 3.67. The molecule has 0 aromatic rings. The average Bonchev–Trinajstić information content (AvgIpc) is 2.57. The van der Waals surface area contributed by atoms with Crippen molar-refractivity contribution < 1.29 is 24.0 Å². The quantitative estimate of drug-likeness (QED) is 0.632. The smallest absolute Gasteiger partial charge is 0.336 e. The Labute approximate surface area is 93.4 Å². The number of hydroxylamine groups is 2. The molecule has 0 bridgehead atoms. The predicted octanol–water partition coefficient (Wildman–Crippen LogP) is 0.266. The van der Waals surface area contributed by atoms with Gasteiger partial charge in [0.2, 0.25) is 0 Å². The molecule has 1 saturated heterocycles. The molecule has 1 atom stereocenters. The van der Waals surface area contributed by atoms with Crippen LogP contribution in [0.3, 0.4) is 0 Å². The van der Waals surface area contributed by atoms with E-state index in [-0.39, 0.29) is 12.8 Å². The van der Waals surface area contributed by atoms with Crippen LogP contribution in [0.5, 0.6) is 0 Å². The van der Waals surface area contributed by atoms with Gasteiger partial charge in [0.05, 0.1) is 5.92 Å². The zero-order valence-corrected chi connectivity index (χ0v) is 9.39. The van der Waals surface area contributed by atoms with E-state index in [1.54, 1.807) is 6.92 Å². The number of amides is 2. The third kappa shape index (κ3) is 3.03. The van der Waals surface area contributed by atoms with Crippen molar-refractivity contribution in [3.8, 4) is 0 Å². The maximum absolute atomic E-state index is 11.5. The SMILES string of the molecule is COCCC(C)C(=O)ON1C(=O)CCC1=O. The van der Waals surface area contributed by atoms with Crippen LogP contribution in [-0.2, 0) is 24.0 Å². The minimum absolute atomic E-state index is 0.110. The van der Waals surface area contributed by atoms with Crippen molar-refractivity contribution in [3.05, 3.63) is 0 Å². The summed E-state index contributed by atoms with van der Waals surface area (Å²) in [6.07, 6.45) is 0.711. The summed E-state index contributed by atoms with van der Waals surface area (Å²) in [6.45, 7) is 2.09. The van der Waals surface area contributed by atoms with Crippen molar-refractivity contribution in [2.75, 3.05) is 13.7 Å². The van der Waals surface area contributed by atoms with Gasteiger partial charge in [0.15, 0.2) is 0 Å². The van der Waals surface area contributed by atoms with E-state index in [9.17, 15) is 14.4 Å². The molecule has 0 radical (unpaired) electrons. The lowest BCUT2D eigenvalue weighted by Crippen LogP contribution is -2.34. The molecule has 0 N–H and O–H groups in total. The largest absolute Gasteiger partial charge is 0.385 e. The maximum Gasteiger partial charge on any atom is 0.336 e. The Bertz CT molecular complexity index is 286. The third-order valence-electron chi connectivity index (χ3n) is 2.34. The van der Waals surface area contributed by atoms with Crippen LogP contribution in [-0.4, -0.2) is 36.6 Å². The topological polar surface area (TPSA) is 72.9 Å². The van der Waals surface area contributed by atoms with Crippen LogP contribution in [0.2, 0.25) is 0 Å². The summed E-state index contributed by atoms with van der Waals surface area (Å²) in [6, 6.07) is 0. The summed E-state index contributed by atoms with van der Waals surface area (Å²) in [4.78, 5) is 38.5. The van der Waals surface area contributed by atoms with Gasteiger partial charge in [-0.2, -0.15) is 0 Å². The van der Waals surface area contributed by atoms with E-state index in [2.05, 4.69) is 0 Å². The maximum atomic E-state index is 11.5. The third-order valence-corrected chi connectivity index (χ3v) is 2.34. The molecular formula is C10H15NO5. The Kier molecular flexibility index (Phi) is 4.42. The van der Waals surface area contributed by atoms with Gasteiger partial charge >= 0.3 is 5.97 Å². The van der Waals surface area contributed by atoms with E-state index >= 15 is 0 Å². The van der Waals surface area contributed by atoms with Crippen LogP contribution in [0.15, 0.2) is 0 Å². The number of hydrogen-bond donors (Lipinski definition) is 0. The number of methoxy groups -OCH3 is 1. The average molecular weight is 229 g/mol. The van der Waals surface area contributed by atoms with Gasteiger partial charge in [-0.15, -0.1) is 5.06 Å². The van der Waals surface area contributed by atoms with E-state index < -0.39 is 23.7 Å². The Morgan fingerprint density at radius 2 is 1.94 bits per heavy atom. The van der Waals surface area contributed by atoms with Gasteiger partial charge in [0, 0.05) is 26.6 Å². The predicted molar refractivity (Wildman–Crippen MR) is 52.8 cm³/mol. The summed E-state index contributed by atoms with van der Waals surface area (Å²) < 4.78 is 4.82. The van der Waals surface area contributed by atoms with Gasteiger partial charge in [-0.25, -0.2) is 4.79 Å². The summed E-state index contributed by atoms with van der Waals surface area (Å²) in [5, 5.41) is 0.561. The first-order valence-electron chi connectivity index (χ1n) is 5.12. The molecule has 2 amide bonds. The fourth-order valence-corrected chi connectivity index (χ4v) is 1.25. The van der Waals surface area contributed by atoms with E-state index in [4.69, 9.17) is 9.57 Å². The standard InChI is InChI=1S/C10H15NO5/c1-7(5-6-15-2)10(14)16-11-8(12)3-4-9(11)13/h7H,3-6H2,1-2H3. The highest BCUT2D eigenvalue weighted by molar-refractivity contribution is 6.01. The Balaban J connectivity index is 2.44. The lowest BCUT2D eigenvalue weighted by Gasteiger charge is -2.15. The molecule has 6 heteroatoms. The lowest BCUT2D eigenvalue weighted by atomic mass is 10.1. The minimum atomic E-state index is -0.583. The number of hydrogen-bond acceptors (Lipinski definition) is 5. The Hall–Kier alpha value is -1.43. The monoisotopic (exact) mass is 229 g/mol. The molecule has 1 heterocycles. The molecule has 0 saturated carbocycles. The normalized spacial score (nSPS) is 17.8. The zero-order chi connectivity index (χ0) is 12.1. The number of imide groups is 1. The van der Waals surface area contributed by atoms with Crippen molar-refractivity contribution in [2.45, 2.75) is 26.2 Å². The number of rotatable bonds is 5. The van der Waals surface area contributed by atoms with E-state index in [0.717, 1.165) is 0 Å². The first-order valence-corrected chi connectivity index (χ1v) is 5.12. The zero-order valence-electron chi connectivity index (χ0n) is 9.39. The molecule has 0 aliphatic carbocycles. The Morgan fingerprint density at radius 3 is 2.44 bits per heavy atom. The number of carbonyl (C=O) groups is 3. The fourth-order valence-electron chi connectivity index (χ4n) is 1.25. The molecular weight excluding hydrogens is 214 g/mol. The molecule has 0 aromatic heterocycles. The van der Waals surface area contributed by atoms with Crippen molar-refractivity contribution in [3.63, 3.8) is 0 Å². The second kappa shape index (κ2) is 5.60. The van der Waals surface area contributed by atoms with Crippen molar-refractivity contribution in [1.82, 2.24) is 5.06 Å². The molecule has 0 spiro atoms. The van der Waals surface area contributed by atoms with Crippen LogP contribution >= 0.6 is 0 Å². The van der Waals surface area contributed by atoms with Gasteiger partial charge in [-0.05, 0) is 6.42 Å². The van der Waals surface area contributed by atoms with Gasteiger partial charge in [-0.1, -0.05) is 6.92 Å². The number of carbonyl (C=O) groups excluding carboxylic acids is 3. The highest BCUT2D eigenvalue weighted by Crippen LogP contribution is 2.14. The van der Waals surface area contributed by atoms with Crippen LogP contribution in [0.1, 0.15) is 26.2 Å². The summed E-state index contributed by atoms with van der Waals surface area (Å²) >= 11 is 0. The van der Waals surface area contributed by atoms with Crippen molar-refractivity contribution >= 4 is 17.8 Å². The van der Waals surface area contributed by atoms with E-state index in [1.807, 2.05) is 0 Å². The van der Waals surface area contributed by atoms with Crippen LogP contribution in [0.4, 0.5) is 0 Å². The van der Waals surface area contributed by atoms with Crippen molar-refractivity contribution in [2.24, 2.45) is 5.92 Å². The number of ether oxygens (including phenoxy) is 1. The van der Waals surface area contributed by atoms with E-state index in [0.29, 0.717) is 18.1 Å². The molecule has 1 rings (SSSR count). The van der Waals surface area contributed by atoms with Gasteiger partial charge in [0.25, 0.3) is 11.8 Å². The molecule has 16 heavy (non-hydrogen) atoms. The van der Waals surface area contributed by atoms with Gasteiger partial charge in [-0.3, -0.25) is 9.59 Å². The highest BCUT2D eigenvalue weighted by Gasteiger charge is 2.33. The first-order chi connectivity index (χ1) is 7.56.